The number of nitro benzene ring substituents is 1. The standard InChI is InChI=1S/C11H15NO5S/c1-18(16)8-9-5-10(12(14)15)7-11(6-9)17-4-2-3-13/h5-7,13H,2-4,8H2,1H3. The Balaban J connectivity index is 2.90. The van der Waals surface area contributed by atoms with Crippen LogP contribution in [0.15, 0.2) is 18.2 Å². The maximum atomic E-state index is 11.1. The molecule has 1 atom stereocenters. The number of benzene rings is 1. The van der Waals surface area contributed by atoms with Gasteiger partial charge in [-0.1, -0.05) is 0 Å². The topological polar surface area (TPSA) is 89.7 Å². The molecule has 0 saturated carbocycles. The van der Waals surface area contributed by atoms with E-state index in [-0.39, 0.29) is 24.7 Å². The van der Waals surface area contributed by atoms with E-state index < -0.39 is 15.7 Å². The van der Waals surface area contributed by atoms with Crippen LogP contribution < -0.4 is 4.74 Å². The number of hydrogen-bond donors (Lipinski definition) is 1. The molecule has 1 N–H and O–H groups in total. The molecule has 1 aromatic rings. The highest BCUT2D eigenvalue weighted by molar-refractivity contribution is 7.83. The summed E-state index contributed by atoms with van der Waals surface area (Å²) in [4.78, 5) is 10.2. The van der Waals surface area contributed by atoms with E-state index in [1.165, 1.54) is 18.4 Å². The zero-order chi connectivity index (χ0) is 13.5. The Morgan fingerprint density at radius 1 is 1.44 bits per heavy atom. The van der Waals surface area contributed by atoms with E-state index in [0.29, 0.717) is 17.7 Å². The van der Waals surface area contributed by atoms with Crippen LogP contribution in [0.25, 0.3) is 0 Å². The minimum absolute atomic E-state index is 0.000755. The van der Waals surface area contributed by atoms with Crippen molar-refractivity contribution in [3.05, 3.63) is 33.9 Å². The van der Waals surface area contributed by atoms with Crippen molar-refractivity contribution in [2.24, 2.45) is 0 Å². The normalized spacial score (nSPS) is 12.1. The zero-order valence-electron chi connectivity index (χ0n) is 10.00. The summed E-state index contributed by atoms with van der Waals surface area (Å²) in [6.07, 6.45) is 1.99. The number of nitrogens with zero attached hydrogens (tertiary/aromatic N) is 1. The van der Waals surface area contributed by atoms with Crippen molar-refractivity contribution in [3.63, 3.8) is 0 Å². The number of aliphatic hydroxyl groups is 1. The van der Waals surface area contributed by atoms with Gasteiger partial charge in [0.15, 0.2) is 0 Å². The van der Waals surface area contributed by atoms with Gasteiger partial charge in [0.2, 0.25) is 0 Å². The fourth-order valence-corrected chi connectivity index (χ4v) is 2.04. The first-order valence-electron chi connectivity index (χ1n) is 5.35. The predicted molar refractivity (Wildman–Crippen MR) is 68.1 cm³/mol. The molecule has 100 valence electrons. The molecule has 0 heterocycles. The zero-order valence-corrected chi connectivity index (χ0v) is 10.8. The lowest BCUT2D eigenvalue weighted by atomic mass is 10.2. The Morgan fingerprint density at radius 3 is 2.72 bits per heavy atom. The van der Waals surface area contributed by atoms with E-state index in [2.05, 4.69) is 0 Å². The van der Waals surface area contributed by atoms with Crippen molar-refractivity contribution in [1.82, 2.24) is 0 Å². The monoisotopic (exact) mass is 273 g/mol. The molecule has 1 rings (SSSR count). The van der Waals surface area contributed by atoms with Crippen LogP contribution in [0.5, 0.6) is 5.75 Å². The van der Waals surface area contributed by atoms with Gasteiger partial charge in [0.05, 0.1) is 17.6 Å². The maximum absolute atomic E-state index is 11.1. The SMILES string of the molecule is CS(=O)Cc1cc(OCCCO)cc([N+](=O)[O-])c1. The fraction of sp³-hybridized carbons (Fsp3) is 0.455. The molecular formula is C11H15NO5S. The molecule has 1 aromatic carbocycles. The third-order valence-corrected chi connectivity index (χ3v) is 2.84. The Labute approximate surface area is 107 Å². The molecule has 0 amide bonds. The number of ether oxygens (including phenoxy) is 1. The second-order valence-electron chi connectivity index (χ2n) is 3.74. The average Bonchev–Trinajstić information content (AvgIpc) is 2.28. The second-order valence-corrected chi connectivity index (χ2v) is 5.17. The van der Waals surface area contributed by atoms with Gasteiger partial charge in [-0.25, -0.2) is 0 Å². The van der Waals surface area contributed by atoms with Crippen LogP contribution in [-0.4, -0.2) is 33.7 Å². The van der Waals surface area contributed by atoms with Gasteiger partial charge < -0.3 is 9.84 Å². The summed E-state index contributed by atoms with van der Waals surface area (Å²) in [5.41, 5.74) is 0.515. The van der Waals surface area contributed by atoms with Gasteiger partial charge in [0.25, 0.3) is 5.69 Å². The molecule has 0 bridgehead atoms. The van der Waals surface area contributed by atoms with Gasteiger partial charge in [0.1, 0.15) is 5.75 Å². The summed E-state index contributed by atoms with van der Waals surface area (Å²) in [5.74, 6) is 0.607. The summed E-state index contributed by atoms with van der Waals surface area (Å²) < 4.78 is 16.4. The lowest BCUT2D eigenvalue weighted by Crippen LogP contribution is -2.02. The summed E-state index contributed by atoms with van der Waals surface area (Å²) in [6.45, 7) is 0.285. The highest BCUT2D eigenvalue weighted by Crippen LogP contribution is 2.23. The van der Waals surface area contributed by atoms with Gasteiger partial charge in [0, 0.05) is 41.9 Å². The molecule has 18 heavy (non-hydrogen) atoms. The Kier molecular flexibility index (Phi) is 5.73. The number of nitro groups is 1. The van der Waals surface area contributed by atoms with Crippen LogP contribution in [0.2, 0.25) is 0 Å². The van der Waals surface area contributed by atoms with Gasteiger partial charge in [-0.05, 0) is 11.6 Å². The fourth-order valence-electron chi connectivity index (χ4n) is 1.40. The first kappa shape index (κ1) is 14.6. The Morgan fingerprint density at radius 2 is 2.17 bits per heavy atom. The molecule has 1 unspecified atom stereocenters. The van der Waals surface area contributed by atoms with Gasteiger partial charge in [-0.15, -0.1) is 0 Å². The Hall–Kier alpha value is -1.47. The number of hydrogen-bond acceptors (Lipinski definition) is 5. The third kappa shape index (κ3) is 4.80. The number of non-ortho nitro benzene ring substituents is 1. The molecule has 0 spiro atoms. The van der Waals surface area contributed by atoms with Crippen molar-refractivity contribution in [2.75, 3.05) is 19.5 Å². The van der Waals surface area contributed by atoms with Crippen molar-refractivity contribution < 1.29 is 19.0 Å². The molecule has 6 nitrogen and oxygen atoms in total. The van der Waals surface area contributed by atoms with E-state index in [0.717, 1.165) is 0 Å². The van der Waals surface area contributed by atoms with Crippen LogP contribution in [0.3, 0.4) is 0 Å². The largest absolute Gasteiger partial charge is 0.493 e. The van der Waals surface area contributed by atoms with Gasteiger partial charge in [-0.3, -0.25) is 14.3 Å². The first-order valence-corrected chi connectivity index (χ1v) is 7.07. The average molecular weight is 273 g/mol. The summed E-state index contributed by atoms with van der Waals surface area (Å²) in [5, 5.41) is 19.4. The minimum Gasteiger partial charge on any atom is -0.493 e. The van der Waals surface area contributed by atoms with E-state index in [9.17, 15) is 14.3 Å². The smallest absolute Gasteiger partial charge is 0.273 e. The summed E-state index contributed by atoms with van der Waals surface area (Å²) in [6, 6.07) is 4.34. The molecule has 0 saturated heterocycles. The molecule has 0 aliphatic heterocycles. The highest BCUT2D eigenvalue weighted by atomic mass is 32.2. The van der Waals surface area contributed by atoms with Crippen LogP contribution in [0.4, 0.5) is 5.69 Å². The summed E-state index contributed by atoms with van der Waals surface area (Å²) >= 11 is 0. The van der Waals surface area contributed by atoms with E-state index >= 15 is 0 Å². The highest BCUT2D eigenvalue weighted by Gasteiger charge is 2.11. The first-order chi connectivity index (χ1) is 8.52. The van der Waals surface area contributed by atoms with Crippen molar-refractivity contribution in [3.8, 4) is 5.75 Å². The number of aliphatic hydroxyl groups excluding tert-OH is 1. The second kappa shape index (κ2) is 7.07. The Bertz CT molecular complexity index is 449. The van der Waals surface area contributed by atoms with Crippen LogP contribution in [0.1, 0.15) is 12.0 Å². The molecule has 0 aliphatic rings. The van der Waals surface area contributed by atoms with E-state index in [1.54, 1.807) is 6.07 Å². The summed E-state index contributed by atoms with van der Waals surface area (Å²) in [7, 11) is -1.07. The van der Waals surface area contributed by atoms with Crippen LogP contribution in [0, 0.1) is 10.1 Å². The van der Waals surface area contributed by atoms with Crippen LogP contribution in [-0.2, 0) is 16.6 Å². The maximum Gasteiger partial charge on any atom is 0.273 e. The molecule has 7 heteroatoms. The van der Waals surface area contributed by atoms with E-state index in [4.69, 9.17) is 9.84 Å². The minimum atomic E-state index is -1.07. The number of rotatable bonds is 7. The van der Waals surface area contributed by atoms with Crippen molar-refractivity contribution >= 4 is 16.5 Å². The van der Waals surface area contributed by atoms with E-state index in [1.807, 2.05) is 0 Å². The predicted octanol–water partition coefficient (Wildman–Crippen LogP) is 1.23. The quantitative estimate of drug-likeness (QED) is 0.458. The van der Waals surface area contributed by atoms with Crippen molar-refractivity contribution in [2.45, 2.75) is 12.2 Å². The van der Waals surface area contributed by atoms with Gasteiger partial charge >= 0.3 is 0 Å². The lowest BCUT2D eigenvalue weighted by molar-refractivity contribution is -0.385. The molecule has 0 fully saturated rings. The third-order valence-electron chi connectivity index (χ3n) is 2.10. The molecule has 0 aromatic heterocycles. The van der Waals surface area contributed by atoms with Crippen molar-refractivity contribution in [1.29, 1.82) is 0 Å². The molecular weight excluding hydrogens is 258 g/mol. The lowest BCUT2D eigenvalue weighted by Gasteiger charge is -2.07. The molecule has 0 aliphatic carbocycles. The molecule has 0 radical (unpaired) electrons. The van der Waals surface area contributed by atoms with Crippen LogP contribution >= 0.6 is 0 Å². The van der Waals surface area contributed by atoms with Gasteiger partial charge in [-0.2, -0.15) is 0 Å².